The van der Waals surface area contributed by atoms with Crippen molar-refractivity contribution in [2.45, 2.75) is 45.4 Å². The standard InChI is InChI=1S/C22H26ClNO6/c1-22(2,3)29-21(27)30-24(14-16-5-9-17(23)10-6-16)19(20(26)28-4)13-15-7-11-18(25)12-8-15/h5-12,19,25H,13-14H2,1-4H3/t19-/m0/s1. The van der Waals surface area contributed by atoms with Gasteiger partial charge < -0.3 is 19.4 Å². The zero-order chi connectivity index (χ0) is 22.3. The third kappa shape index (κ3) is 7.57. The third-order valence-corrected chi connectivity index (χ3v) is 4.27. The van der Waals surface area contributed by atoms with Crippen LogP contribution in [-0.2, 0) is 32.1 Å². The van der Waals surface area contributed by atoms with E-state index in [1.165, 1.54) is 24.3 Å². The maximum Gasteiger partial charge on any atom is 0.528 e. The number of benzene rings is 2. The number of hydrogen-bond donors (Lipinski definition) is 1. The molecule has 8 heteroatoms. The largest absolute Gasteiger partial charge is 0.528 e. The Bertz CT molecular complexity index is 845. The fourth-order valence-electron chi connectivity index (χ4n) is 2.63. The van der Waals surface area contributed by atoms with E-state index in [9.17, 15) is 14.7 Å². The van der Waals surface area contributed by atoms with Gasteiger partial charge in [0.25, 0.3) is 0 Å². The molecule has 2 aromatic rings. The van der Waals surface area contributed by atoms with Crippen LogP contribution in [-0.4, -0.2) is 41.0 Å². The molecule has 0 aliphatic heterocycles. The van der Waals surface area contributed by atoms with Gasteiger partial charge in [0, 0.05) is 11.4 Å². The highest BCUT2D eigenvalue weighted by atomic mass is 35.5. The van der Waals surface area contributed by atoms with Gasteiger partial charge >= 0.3 is 12.1 Å². The summed E-state index contributed by atoms with van der Waals surface area (Å²) in [4.78, 5) is 30.3. The summed E-state index contributed by atoms with van der Waals surface area (Å²) in [7, 11) is 1.26. The normalized spacial score (nSPS) is 12.3. The van der Waals surface area contributed by atoms with Gasteiger partial charge in [0.05, 0.1) is 13.7 Å². The molecule has 2 aromatic carbocycles. The van der Waals surface area contributed by atoms with Crippen LogP contribution in [0.25, 0.3) is 0 Å². The number of phenols is 1. The summed E-state index contributed by atoms with van der Waals surface area (Å²) in [5.41, 5.74) is 0.750. The molecule has 0 aliphatic carbocycles. The summed E-state index contributed by atoms with van der Waals surface area (Å²) in [6.45, 7) is 5.25. The molecular formula is C22H26ClNO6. The van der Waals surface area contributed by atoms with Crippen molar-refractivity contribution in [1.29, 1.82) is 0 Å². The highest BCUT2D eigenvalue weighted by Crippen LogP contribution is 2.20. The minimum absolute atomic E-state index is 0.105. The first-order valence-electron chi connectivity index (χ1n) is 9.35. The van der Waals surface area contributed by atoms with Crippen LogP contribution >= 0.6 is 11.6 Å². The van der Waals surface area contributed by atoms with Crippen molar-refractivity contribution in [1.82, 2.24) is 5.06 Å². The number of carbonyl (C=O) groups excluding carboxylic acids is 2. The van der Waals surface area contributed by atoms with Crippen LogP contribution in [0.3, 0.4) is 0 Å². The van der Waals surface area contributed by atoms with Crippen molar-refractivity contribution in [2.75, 3.05) is 7.11 Å². The zero-order valence-corrected chi connectivity index (χ0v) is 18.2. The van der Waals surface area contributed by atoms with E-state index in [0.29, 0.717) is 5.02 Å². The lowest BCUT2D eigenvalue weighted by Gasteiger charge is -2.29. The van der Waals surface area contributed by atoms with E-state index in [1.54, 1.807) is 57.2 Å². The molecule has 0 radical (unpaired) electrons. The smallest absolute Gasteiger partial charge is 0.508 e. The Morgan fingerprint density at radius 2 is 1.60 bits per heavy atom. The molecule has 0 heterocycles. The number of hydrogen-bond acceptors (Lipinski definition) is 7. The number of methoxy groups -OCH3 is 1. The van der Waals surface area contributed by atoms with Crippen LogP contribution in [0.15, 0.2) is 48.5 Å². The zero-order valence-electron chi connectivity index (χ0n) is 17.4. The molecule has 0 aromatic heterocycles. The molecule has 0 bridgehead atoms. The molecule has 0 spiro atoms. The molecule has 2 rings (SSSR count). The lowest BCUT2D eigenvalue weighted by molar-refractivity contribution is -0.190. The Balaban J connectivity index is 2.31. The first-order chi connectivity index (χ1) is 14.1. The van der Waals surface area contributed by atoms with Gasteiger partial charge in [0.15, 0.2) is 0 Å². The quantitative estimate of drug-likeness (QED) is 0.506. The van der Waals surface area contributed by atoms with Crippen molar-refractivity contribution in [3.05, 3.63) is 64.7 Å². The number of rotatable bonds is 7. The number of ether oxygens (including phenoxy) is 2. The Labute approximate surface area is 181 Å². The molecule has 30 heavy (non-hydrogen) atoms. The average molecular weight is 436 g/mol. The Morgan fingerprint density at radius 1 is 1.03 bits per heavy atom. The fourth-order valence-corrected chi connectivity index (χ4v) is 2.76. The molecule has 1 atom stereocenters. The van der Waals surface area contributed by atoms with Crippen molar-refractivity contribution in [2.24, 2.45) is 0 Å². The Kier molecular flexibility index (Phi) is 8.08. The van der Waals surface area contributed by atoms with E-state index >= 15 is 0 Å². The molecular weight excluding hydrogens is 410 g/mol. The second kappa shape index (κ2) is 10.3. The summed E-state index contributed by atoms with van der Waals surface area (Å²) >= 11 is 5.95. The summed E-state index contributed by atoms with van der Waals surface area (Å²) < 4.78 is 10.2. The van der Waals surface area contributed by atoms with E-state index in [-0.39, 0.29) is 18.7 Å². The van der Waals surface area contributed by atoms with Gasteiger partial charge in [-0.3, -0.25) is 4.79 Å². The molecule has 7 nitrogen and oxygen atoms in total. The van der Waals surface area contributed by atoms with Gasteiger partial charge in [-0.1, -0.05) is 35.9 Å². The van der Waals surface area contributed by atoms with Crippen LogP contribution in [0.2, 0.25) is 5.02 Å². The van der Waals surface area contributed by atoms with Gasteiger partial charge in [0.1, 0.15) is 17.4 Å². The van der Waals surface area contributed by atoms with Crippen LogP contribution < -0.4 is 0 Å². The third-order valence-electron chi connectivity index (χ3n) is 4.02. The molecule has 0 saturated carbocycles. The monoisotopic (exact) mass is 435 g/mol. The number of nitrogens with zero attached hydrogens (tertiary/aromatic N) is 1. The lowest BCUT2D eigenvalue weighted by atomic mass is 10.0. The number of hydroxylamine groups is 2. The first kappa shape index (κ1) is 23.5. The Hall–Kier alpha value is -2.77. The summed E-state index contributed by atoms with van der Waals surface area (Å²) in [5, 5.41) is 11.3. The SMILES string of the molecule is COC(=O)[C@H](Cc1ccc(O)cc1)N(Cc1ccc(Cl)cc1)OC(=O)OC(C)(C)C. The average Bonchev–Trinajstić information content (AvgIpc) is 2.66. The predicted octanol–water partition coefficient (Wildman–Crippen LogP) is 4.50. The molecule has 1 N–H and O–H groups in total. The molecule has 162 valence electrons. The van der Waals surface area contributed by atoms with Crippen molar-refractivity contribution >= 4 is 23.7 Å². The van der Waals surface area contributed by atoms with E-state index < -0.39 is 23.8 Å². The summed E-state index contributed by atoms with van der Waals surface area (Å²) in [6, 6.07) is 12.4. The van der Waals surface area contributed by atoms with Gasteiger partial charge in [-0.2, -0.15) is 0 Å². The minimum Gasteiger partial charge on any atom is -0.508 e. The highest BCUT2D eigenvalue weighted by molar-refractivity contribution is 6.30. The first-order valence-corrected chi connectivity index (χ1v) is 9.73. The topological polar surface area (TPSA) is 85.3 Å². The fraction of sp³-hybridized carbons (Fsp3) is 0.364. The second-order valence-corrected chi connectivity index (χ2v) is 8.10. The van der Waals surface area contributed by atoms with E-state index in [2.05, 4.69) is 0 Å². The summed E-state index contributed by atoms with van der Waals surface area (Å²) in [6.07, 6.45) is -0.750. The Morgan fingerprint density at radius 3 is 2.13 bits per heavy atom. The van der Waals surface area contributed by atoms with Crippen LogP contribution in [0.5, 0.6) is 5.75 Å². The molecule has 0 amide bonds. The van der Waals surface area contributed by atoms with Gasteiger partial charge in [-0.15, -0.1) is 5.06 Å². The van der Waals surface area contributed by atoms with Crippen molar-refractivity contribution in [3.63, 3.8) is 0 Å². The number of aromatic hydroxyl groups is 1. The molecule has 0 fully saturated rings. The second-order valence-electron chi connectivity index (χ2n) is 7.67. The van der Waals surface area contributed by atoms with Gasteiger partial charge in [-0.25, -0.2) is 4.79 Å². The number of carbonyl (C=O) groups is 2. The maximum atomic E-state index is 12.6. The van der Waals surface area contributed by atoms with Crippen molar-refractivity contribution < 1.29 is 29.0 Å². The minimum atomic E-state index is -0.942. The number of esters is 1. The number of halogens is 1. The molecule has 0 aliphatic rings. The van der Waals surface area contributed by atoms with Crippen LogP contribution in [0, 0.1) is 0 Å². The molecule has 0 saturated heterocycles. The summed E-state index contributed by atoms with van der Waals surface area (Å²) in [5.74, 6) is -0.475. The van der Waals surface area contributed by atoms with Gasteiger partial charge in [-0.05, 0) is 56.2 Å². The highest BCUT2D eigenvalue weighted by Gasteiger charge is 2.32. The van der Waals surface area contributed by atoms with Crippen LogP contribution in [0.4, 0.5) is 4.79 Å². The maximum absolute atomic E-state index is 12.6. The van der Waals surface area contributed by atoms with E-state index in [0.717, 1.165) is 11.1 Å². The van der Waals surface area contributed by atoms with Gasteiger partial charge in [0.2, 0.25) is 0 Å². The predicted molar refractivity (Wildman–Crippen MR) is 112 cm³/mol. The molecule has 0 unspecified atom stereocenters. The lowest BCUT2D eigenvalue weighted by Crippen LogP contribution is -2.45. The van der Waals surface area contributed by atoms with E-state index in [1.807, 2.05) is 0 Å². The van der Waals surface area contributed by atoms with Crippen molar-refractivity contribution in [3.8, 4) is 5.75 Å². The number of phenolic OH excluding ortho intramolecular Hbond substituents is 1. The van der Waals surface area contributed by atoms with E-state index in [4.69, 9.17) is 25.9 Å². The van der Waals surface area contributed by atoms with Crippen LogP contribution in [0.1, 0.15) is 31.9 Å².